The van der Waals surface area contributed by atoms with Gasteiger partial charge in [0.15, 0.2) is 0 Å². The van der Waals surface area contributed by atoms with Crippen LogP contribution in [-0.4, -0.2) is 5.91 Å². The van der Waals surface area contributed by atoms with Gasteiger partial charge in [0.25, 0.3) is 5.91 Å². The minimum atomic E-state index is -0.515. The second-order valence-corrected chi connectivity index (χ2v) is 4.32. The quantitative estimate of drug-likeness (QED) is 0.882. The van der Waals surface area contributed by atoms with E-state index < -0.39 is 5.91 Å². The monoisotopic (exact) mass is 256 g/mol. The van der Waals surface area contributed by atoms with E-state index in [9.17, 15) is 4.79 Å². The van der Waals surface area contributed by atoms with Crippen molar-refractivity contribution in [1.82, 2.24) is 0 Å². The molecule has 0 spiro atoms. The van der Waals surface area contributed by atoms with Crippen LogP contribution in [0.5, 0.6) is 11.5 Å². The fraction of sp³-hybridized carbons (Fsp3) is 0.133. The van der Waals surface area contributed by atoms with Crippen LogP contribution in [0.3, 0.4) is 0 Å². The van der Waals surface area contributed by atoms with Crippen molar-refractivity contribution in [2.45, 2.75) is 13.0 Å². The van der Waals surface area contributed by atoms with Gasteiger partial charge >= 0.3 is 0 Å². The highest BCUT2D eigenvalue weighted by Gasteiger charge is 2.09. The molecule has 0 fully saturated rings. The molecule has 0 heterocycles. The van der Waals surface area contributed by atoms with Gasteiger partial charge < -0.3 is 16.2 Å². The Morgan fingerprint density at radius 2 is 1.89 bits per heavy atom. The maximum atomic E-state index is 11.3. The molecule has 0 aliphatic rings. The Labute approximate surface area is 112 Å². The number of hydrogen-bond donors (Lipinski definition) is 2. The van der Waals surface area contributed by atoms with Crippen LogP contribution < -0.4 is 16.2 Å². The Kier molecular flexibility index (Phi) is 3.82. The lowest BCUT2D eigenvalue weighted by Crippen LogP contribution is -2.12. The number of rotatable bonds is 4. The van der Waals surface area contributed by atoms with Crippen molar-refractivity contribution >= 4 is 5.91 Å². The summed E-state index contributed by atoms with van der Waals surface area (Å²) in [5.74, 6) is 0.555. The summed E-state index contributed by atoms with van der Waals surface area (Å²) in [7, 11) is 0. The molecule has 0 saturated heterocycles. The minimum absolute atomic E-state index is 0.0741. The number of para-hydroxylation sites is 1. The molecule has 2 aromatic rings. The van der Waals surface area contributed by atoms with Crippen molar-refractivity contribution in [2.75, 3.05) is 0 Å². The van der Waals surface area contributed by atoms with Gasteiger partial charge in [0.05, 0.1) is 5.56 Å². The molecule has 0 saturated carbocycles. The van der Waals surface area contributed by atoms with E-state index in [1.807, 2.05) is 31.2 Å². The first-order valence-corrected chi connectivity index (χ1v) is 6.00. The molecule has 0 radical (unpaired) electrons. The van der Waals surface area contributed by atoms with Crippen LogP contribution in [-0.2, 0) is 0 Å². The summed E-state index contributed by atoms with van der Waals surface area (Å²) >= 11 is 0. The molecule has 98 valence electrons. The first kappa shape index (κ1) is 13.1. The smallest absolute Gasteiger partial charge is 0.252 e. The fourth-order valence-electron chi connectivity index (χ4n) is 1.75. The van der Waals surface area contributed by atoms with Crippen molar-refractivity contribution in [1.29, 1.82) is 0 Å². The average molecular weight is 256 g/mol. The molecule has 1 unspecified atom stereocenters. The van der Waals surface area contributed by atoms with Crippen LogP contribution in [0.2, 0.25) is 0 Å². The second-order valence-electron chi connectivity index (χ2n) is 4.32. The van der Waals surface area contributed by atoms with E-state index in [-0.39, 0.29) is 6.04 Å². The van der Waals surface area contributed by atoms with Crippen molar-refractivity contribution in [3.63, 3.8) is 0 Å². The van der Waals surface area contributed by atoms with Gasteiger partial charge in [0.2, 0.25) is 0 Å². The molecular formula is C15H16N2O2. The summed E-state index contributed by atoms with van der Waals surface area (Å²) in [5.41, 5.74) is 12.5. The number of hydrogen-bond acceptors (Lipinski definition) is 3. The molecule has 4 N–H and O–H groups in total. The number of benzene rings is 2. The van der Waals surface area contributed by atoms with Crippen LogP contribution >= 0.6 is 0 Å². The number of primary amides is 1. The zero-order valence-electron chi connectivity index (χ0n) is 10.7. The van der Waals surface area contributed by atoms with Crippen molar-refractivity contribution in [3.05, 3.63) is 59.7 Å². The highest BCUT2D eigenvalue weighted by atomic mass is 16.5. The molecule has 1 amide bonds. The van der Waals surface area contributed by atoms with E-state index in [2.05, 4.69) is 0 Å². The molecule has 0 aliphatic carbocycles. The lowest BCUT2D eigenvalue weighted by Gasteiger charge is -2.11. The van der Waals surface area contributed by atoms with Gasteiger partial charge in [-0.05, 0) is 36.8 Å². The average Bonchev–Trinajstić information content (AvgIpc) is 2.39. The Bertz CT molecular complexity index is 594. The summed E-state index contributed by atoms with van der Waals surface area (Å²) in [4.78, 5) is 11.3. The zero-order valence-corrected chi connectivity index (χ0v) is 10.7. The standard InChI is InChI=1S/C15H16N2O2/c1-10(16)11-5-4-6-12(9-11)19-14-8-3-2-7-13(14)15(17)18/h2-10H,16H2,1H3,(H2,17,18). The number of carbonyl (C=O) groups is 1. The highest BCUT2D eigenvalue weighted by molar-refractivity contribution is 5.95. The largest absolute Gasteiger partial charge is 0.457 e. The van der Waals surface area contributed by atoms with E-state index in [0.717, 1.165) is 5.56 Å². The van der Waals surface area contributed by atoms with Gasteiger partial charge in [0, 0.05) is 6.04 Å². The molecule has 4 heteroatoms. The van der Waals surface area contributed by atoms with E-state index in [1.165, 1.54) is 0 Å². The predicted octanol–water partition coefficient (Wildman–Crippen LogP) is 2.60. The maximum Gasteiger partial charge on any atom is 0.252 e. The van der Waals surface area contributed by atoms with E-state index in [0.29, 0.717) is 17.1 Å². The normalized spacial score (nSPS) is 11.9. The van der Waals surface area contributed by atoms with E-state index in [1.54, 1.807) is 24.3 Å². The van der Waals surface area contributed by atoms with Gasteiger partial charge in [-0.15, -0.1) is 0 Å². The van der Waals surface area contributed by atoms with Crippen molar-refractivity contribution in [3.8, 4) is 11.5 Å². The zero-order chi connectivity index (χ0) is 13.8. The molecule has 1 atom stereocenters. The maximum absolute atomic E-state index is 11.3. The third-order valence-electron chi connectivity index (χ3n) is 2.76. The molecule has 2 rings (SSSR count). The minimum Gasteiger partial charge on any atom is -0.457 e. The summed E-state index contributed by atoms with van der Waals surface area (Å²) < 4.78 is 5.71. The fourth-order valence-corrected chi connectivity index (χ4v) is 1.75. The third-order valence-corrected chi connectivity index (χ3v) is 2.76. The Hall–Kier alpha value is -2.33. The van der Waals surface area contributed by atoms with Crippen LogP contribution in [0.15, 0.2) is 48.5 Å². The van der Waals surface area contributed by atoms with E-state index in [4.69, 9.17) is 16.2 Å². The number of ether oxygens (including phenoxy) is 1. The molecule has 19 heavy (non-hydrogen) atoms. The predicted molar refractivity (Wildman–Crippen MR) is 74.1 cm³/mol. The summed E-state index contributed by atoms with van der Waals surface area (Å²) in [5, 5.41) is 0. The topological polar surface area (TPSA) is 78.3 Å². The van der Waals surface area contributed by atoms with Crippen LogP contribution in [0.25, 0.3) is 0 Å². The molecule has 0 aliphatic heterocycles. The van der Waals surface area contributed by atoms with Gasteiger partial charge in [-0.2, -0.15) is 0 Å². The summed E-state index contributed by atoms with van der Waals surface area (Å²) in [6, 6.07) is 14.2. The Balaban J connectivity index is 2.31. The van der Waals surface area contributed by atoms with Gasteiger partial charge in [-0.3, -0.25) is 4.79 Å². The molecule has 4 nitrogen and oxygen atoms in total. The van der Waals surface area contributed by atoms with Crippen molar-refractivity contribution in [2.24, 2.45) is 11.5 Å². The SMILES string of the molecule is CC(N)c1cccc(Oc2ccccc2C(N)=O)c1. The molecular weight excluding hydrogens is 240 g/mol. The van der Waals surface area contributed by atoms with Gasteiger partial charge in [-0.25, -0.2) is 0 Å². The number of nitrogens with two attached hydrogens (primary N) is 2. The first-order valence-electron chi connectivity index (χ1n) is 6.00. The lowest BCUT2D eigenvalue weighted by molar-refractivity contribution is 0.0998. The lowest BCUT2D eigenvalue weighted by atomic mass is 10.1. The Morgan fingerprint density at radius 1 is 1.16 bits per heavy atom. The van der Waals surface area contributed by atoms with Gasteiger partial charge in [0.1, 0.15) is 11.5 Å². The van der Waals surface area contributed by atoms with Gasteiger partial charge in [-0.1, -0.05) is 24.3 Å². The highest BCUT2D eigenvalue weighted by Crippen LogP contribution is 2.26. The molecule has 0 aromatic heterocycles. The summed E-state index contributed by atoms with van der Waals surface area (Å²) in [6.07, 6.45) is 0. The second kappa shape index (κ2) is 5.54. The van der Waals surface area contributed by atoms with Crippen LogP contribution in [0, 0.1) is 0 Å². The summed E-state index contributed by atoms with van der Waals surface area (Å²) in [6.45, 7) is 1.90. The molecule has 2 aromatic carbocycles. The van der Waals surface area contributed by atoms with Crippen LogP contribution in [0.1, 0.15) is 28.9 Å². The third kappa shape index (κ3) is 3.11. The van der Waals surface area contributed by atoms with E-state index >= 15 is 0 Å². The molecule has 0 bridgehead atoms. The Morgan fingerprint density at radius 3 is 2.58 bits per heavy atom. The number of carbonyl (C=O) groups excluding carboxylic acids is 1. The first-order chi connectivity index (χ1) is 9.08. The van der Waals surface area contributed by atoms with Crippen LogP contribution in [0.4, 0.5) is 0 Å². The van der Waals surface area contributed by atoms with Crippen molar-refractivity contribution < 1.29 is 9.53 Å². The number of amides is 1.